The third-order valence-electron chi connectivity index (χ3n) is 6.52. The Kier molecular flexibility index (Phi) is 9.34. The summed E-state index contributed by atoms with van der Waals surface area (Å²) in [7, 11) is 0. The van der Waals surface area contributed by atoms with Crippen LogP contribution in [0, 0.1) is 11.5 Å². The number of aliphatic hydroxyl groups excluding tert-OH is 1. The number of hydrogen-bond donors (Lipinski definition) is 5. The number of carboxylic acid groups (broad SMARTS) is 1. The summed E-state index contributed by atoms with van der Waals surface area (Å²) in [4.78, 5) is 43.4. The van der Waals surface area contributed by atoms with Crippen molar-refractivity contribution < 1.29 is 29.0 Å². The summed E-state index contributed by atoms with van der Waals surface area (Å²) < 4.78 is 5.40. The summed E-state index contributed by atoms with van der Waals surface area (Å²) in [6, 6.07) is 6.68. The zero-order valence-electron chi connectivity index (χ0n) is 21.8. The van der Waals surface area contributed by atoms with Crippen LogP contribution in [-0.4, -0.2) is 70.6 Å². The van der Waals surface area contributed by atoms with Crippen molar-refractivity contribution in [3.8, 4) is 6.19 Å². The van der Waals surface area contributed by atoms with Crippen molar-refractivity contribution in [1.29, 1.82) is 5.26 Å². The predicted molar refractivity (Wildman–Crippen MR) is 151 cm³/mol. The number of nitriles is 1. The standard InChI is InChI=1S/C27H26Cl2N6O6/c1-14(12-36)33-27(32-13-30)31-10-20(26(39)40)34-24(37)22-19(28)8-17-11-35(6-4-18(17)23(22)29)25(38)16-3-2-15-5-7-41-21(15)9-16/h2-3,5,7-9,14,20,36H,4,6,10-12H2,1H3,(H,34,37)(H,39,40)(H2,31,32,33). The Balaban J connectivity index is 1.48. The minimum absolute atomic E-state index is 0.000165. The lowest BCUT2D eigenvalue weighted by Gasteiger charge is -2.30. The zero-order chi connectivity index (χ0) is 29.7. The van der Waals surface area contributed by atoms with Crippen LogP contribution in [0.15, 0.2) is 46.0 Å². The van der Waals surface area contributed by atoms with Gasteiger partial charge < -0.3 is 35.5 Å². The van der Waals surface area contributed by atoms with Gasteiger partial charge in [0.2, 0.25) is 12.2 Å². The molecule has 214 valence electrons. The number of nitrogens with one attached hydrogen (secondary N) is 3. The molecule has 41 heavy (non-hydrogen) atoms. The lowest BCUT2D eigenvalue weighted by molar-refractivity contribution is -0.139. The summed E-state index contributed by atoms with van der Waals surface area (Å²) in [5, 5.41) is 36.4. The van der Waals surface area contributed by atoms with Crippen LogP contribution in [0.25, 0.3) is 11.0 Å². The average molecular weight is 601 g/mol. The molecular weight excluding hydrogens is 575 g/mol. The molecule has 14 heteroatoms. The maximum absolute atomic E-state index is 13.2. The molecule has 0 aliphatic carbocycles. The molecule has 3 aromatic rings. The monoisotopic (exact) mass is 600 g/mol. The van der Waals surface area contributed by atoms with Crippen molar-refractivity contribution in [3.05, 3.63) is 68.9 Å². The van der Waals surface area contributed by atoms with Crippen molar-refractivity contribution >= 4 is 57.9 Å². The van der Waals surface area contributed by atoms with Crippen molar-refractivity contribution in [2.24, 2.45) is 4.99 Å². The van der Waals surface area contributed by atoms with Gasteiger partial charge in [-0.05, 0) is 48.7 Å². The van der Waals surface area contributed by atoms with Gasteiger partial charge in [0.1, 0.15) is 11.6 Å². The Labute approximate surface area is 244 Å². The molecule has 0 spiro atoms. The van der Waals surface area contributed by atoms with Gasteiger partial charge in [-0.25, -0.2) is 4.79 Å². The molecule has 2 atom stereocenters. The number of fused-ring (bicyclic) bond motifs is 2. The van der Waals surface area contributed by atoms with Gasteiger partial charge in [-0.3, -0.25) is 9.59 Å². The first kappa shape index (κ1) is 29.7. The Bertz CT molecular complexity index is 1570. The second kappa shape index (κ2) is 12.9. The normalized spacial score (nSPS) is 14.5. The fraction of sp³-hybridized carbons (Fsp3) is 0.296. The molecule has 2 amide bonds. The van der Waals surface area contributed by atoms with Crippen LogP contribution in [0.4, 0.5) is 0 Å². The Morgan fingerprint density at radius 1 is 1.22 bits per heavy atom. The lowest BCUT2D eigenvalue weighted by atomic mass is 9.96. The molecule has 4 rings (SSSR count). The lowest BCUT2D eigenvalue weighted by Crippen LogP contribution is -2.52. The number of halogens is 2. The number of carbonyl (C=O) groups is 3. The topological polar surface area (TPSA) is 180 Å². The zero-order valence-corrected chi connectivity index (χ0v) is 23.3. The van der Waals surface area contributed by atoms with Crippen LogP contribution in [-0.2, 0) is 17.8 Å². The number of guanidine groups is 1. The smallest absolute Gasteiger partial charge is 0.328 e. The highest BCUT2D eigenvalue weighted by Gasteiger charge is 2.30. The second-order valence-electron chi connectivity index (χ2n) is 9.37. The minimum atomic E-state index is -1.44. The number of aliphatic carboxylic acids is 1. The largest absolute Gasteiger partial charge is 0.480 e. The van der Waals surface area contributed by atoms with Gasteiger partial charge in [-0.2, -0.15) is 5.26 Å². The summed E-state index contributed by atoms with van der Waals surface area (Å²) in [5.74, 6) is -2.42. The number of nitrogens with zero attached hydrogens (tertiary/aromatic N) is 3. The summed E-state index contributed by atoms with van der Waals surface area (Å²) in [6.45, 7) is 1.58. The molecule has 0 bridgehead atoms. The molecule has 1 aliphatic heterocycles. The highest BCUT2D eigenvalue weighted by molar-refractivity contribution is 6.40. The van der Waals surface area contributed by atoms with E-state index in [0.717, 1.165) is 5.39 Å². The van der Waals surface area contributed by atoms with Gasteiger partial charge >= 0.3 is 5.97 Å². The van der Waals surface area contributed by atoms with E-state index in [2.05, 4.69) is 20.9 Å². The molecule has 0 fully saturated rings. The van der Waals surface area contributed by atoms with E-state index in [1.165, 1.54) is 0 Å². The van der Waals surface area contributed by atoms with Gasteiger partial charge in [0.15, 0.2) is 0 Å². The number of furan rings is 1. The SMILES string of the molecule is CC(CO)N/C(=N\C#N)NCC(NC(=O)c1c(Cl)cc2c(c1Cl)CCN(C(=O)c1ccc3ccoc3c1)C2)C(=O)O. The van der Waals surface area contributed by atoms with E-state index < -0.39 is 24.0 Å². The van der Waals surface area contributed by atoms with Gasteiger partial charge in [0, 0.05) is 36.6 Å². The van der Waals surface area contributed by atoms with Crippen LogP contribution in [0.5, 0.6) is 0 Å². The number of aliphatic imine (C=N–C) groups is 1. The van der Waals surface area contributed by atoms with Gasteiger partial charge in [-0.15, -0.1) is 4.99 Å². The number of amides is 2. The van der Waals surface area contributed by atoms with Gasteiger partial charge in [0.25, 0.3) is 11.8 Å². The van der Waals surface area contributed by atoms with E-state index in [1.54, 1.807) is 42.5 Å². The average Bonchev–Trinajstić information content (AvgIpc) is 3.42. The molecule has 0 radical (unpaired) electrons. The maximum Gasteiger partial charge on any atom is 0.328 e. The number of carbonyl (C=O) groups excluding carboxylic acids is 2. The molecule has 12 nitrogen and oxygen atoms in total. The quantitative estimate of drug-likeness (QED) is 0.147. The van der Waals surface area contributed by atoms with Crippen LogP contribution >= 0.6 is 23.2 Å². The summed E-state index contributed by atoms with van der Waals surface area (Å²) in [6.07, 6.45) is 3.48. The molecule has 5 N–H and O–H groups in total. The molecule has 1 aliphatic rings. The number of aliphatic hydroxyl groups is 1. The van der Waals surface area contributed by atoms with Crippen LogP contribution in [0.3, 0.4) is 0 Å². The number of hydrogen-bond acceptors (Lipinski definition) is 7. The van der Waals surface area contributed by atoms with Crippen molar-refractivity contribution in [1.82, 2.24) is 20.9 Å². The van der Waals surface area contributed by atoms with E-state index in [1.807, 2.05) is 12.1 Å². The Morgan fingerprint density at radius 2 is 2.00 bits per heavy atom. The third kappa shape index (κ3) is 6.71. The Morgan fingerprint density at radius 3 is 2.71 bits per heavy atom. The molecule has 1 aromatic heterocycles. The van der Waals surface area contributed by atoms with E-state index in [-0.39, 0.29) is 47.2 Å². The molecule has 2 aromatic carbocycles. The molecule has 0 saturated heterocycles. The highest BCUT2D eigenvalue weighted by Crippen LogP contribution is 2.35. The molecular formula is C27H26Cl2N6O6. The number of benzene rings is 2. The van der Waals surface area contributed by atoms with Gasteiger partial charge in [0.05, 0.1) is 28.5 Å². The maximum atomic E-state index is 13.2. The molecule has 2 heterocycles. The fourth-order valence-corrected chi connectivity index (χ4v) is 5.15. The number of rotatable bonds is 8. The first-order chi connectivity index (χ1) is 19.6. The highest BCUT2D eigenvalue weighted by atomic mass is 35.5. The number of carboxylic acids is 1. The Hall–Kier alpha value is -4.31. The van der Waals surface area contributed by atoms with Crippen molar-refractivity contribution in [2.75, 3.05) is 19.7 Å². The molecule has 0 saturated carbocycles. The first-order valence-electron chi connectivity index (χ1n) is 12.5. The molecule has 2 unspecified atom stereocenters. The van der Waals surface area contributed by atoms with Crippen molar-refractivity contribution in [2.45, 2.75) is 32.0 Å². The first-order valence-corrected chi connectivity index (χ1v) is 13.3. The second-order valence-corrected chi connectivity index (χ2v) is 10.2. The van der Waals surface area contributed by atoms with Crippen molar-refractivity contribution in [3.63, 3.8) is 0 Å². The van der Waals surface area contributed by atoms with E-state index in [0.29, 0.717) is 35.2 Å². The third-order valence-corrected chi connectivity index (χ3v) is 7.23. The van der Waals surface area contributed by atoms with Crippen LogP contribution < -0.4 is 16.0 Å². The van der Waals surface area contributed by atoms with E-state index >= 15 is 0 Å². The van der Waals surface area contributed by atoms with Gasteiger partial charge in [-0.1, -0.05) is 29.3 Å². The fourth-order valence-electron chi connectivity index (χ4n) is 4.38. The van der Waals surface area contributed by atoms with E-state index in [9.17, 15) is 24.6 Å². The van der Waals surface area contributed by atoms with E-state index in [4.69, 9.17) is 32.9 Å². The van der Waals surface area contributed by atoms with Crippen LogP contribution in [0.1, 0.15) is 38.8 Å². The minimum Gasteiger partial charge on any atom is -0.480 e. The summed E-state index contributed by atoms with van der Waals surface area (Å²) in [5.41, 5.74) is 2.31. The predicted octanol–water partition coefficient (Wildman–Crippen LogP) is 2.52. The van der Waals surface area contributed by atoms with Crippen LogP contribution in [0.2, 0.25) is 10.0 Å². The summed E-state index contributed by atoms with van der Waals surface area (Å²) >= 11 is 13.1.